The zero-order chi connectivity index (χ0) is 16.2. The molecule has 0 amide bonds. The van der Waals surface area contributed by atoms with Gasteiger partial charge < -0.3 is 4.74 Å². The lowest BCUT2D eigenvalue weighted by atomic mass is 10.3. The minimum atomic E-state index is -0.488. The average molecular weight is 346 g/mol. The van der Waals surface area contributed by atoms with Crippen molar-refractivity contribution in [2.45, 2.75) is 4.34 Å². The molecule has 6 nitrogen and oxygen atoms in total. The van der Waals surface area contributed by atoms with Gasteiger partial charge in [-0.2, -0.15) is 0 Å². The van der Waals surface area contributed by atoms with Gasteiger partial charge in [-0.15, -0.1) is 11.3 Å². The third-order valence-electron chi connectivity index (χ3n) is 2.88. The maximum atomic E-state index is 11.9. The summed E-state index contributed by atoms with van der Waals surface area (Å²) in [5, 5.41) is 10.4. The van der Waals surface area contributed by atoms with Gasteiger partial charge in [-0.1, -0.05) is 12.1 Å². The Morgan fingerprint density at radius 1 is 1.22 bits per heavy atom. The normalized spacial score (nSPS) is 10.6. The maximum Gasteiger partial charge on any atom is 0.269 e. The third-order valence-corrected chi connectivity index (χ3v) is 4.82. The highest BCUT2D eigenvalue weighted by atomic mass is 32.2. The Hall–Kier alpha value is -2.45. The number of ether oxygens (including phenoxy) is 1. The Labute approximate surface area is 139 Å². The molecule has 0 saturated heterocycles. The topological polar surface area (TPSA) is 82.3 Å². The molecular formula is C15H10N2O4S2. The van der Waals surface area contributed by atoms with Gasteiger partial charge in [-0.25, -0.2) is 4.98 Å². The summed E-state index contributed by atoms with van der Waals surface area (Å²) in [5.41, 5.74) is 0.844. The number of nitrogens with zero attached hydrogens (tertiary/aromatic N) is 2. The van der Waals surface area contributed by atoms with Crippen LogP contribution in [0.1, 0.15) is 0 Å². The smallest absolute Gasteiger partial charge is 0.269 e. The number of hydrogen-bond acceptors (Lipinski definition) is 7. The van der Waals surface area contributed by atoms with Crippen LogP contribution >= 0.6 is 23.1 Å². The van der Waals surface area contributed by atoms with Crippen LogP contribution in [-0.2, 0) is 4.79 Å². The molecule has 0 saturated carbocycles. The Bertz CT molecular complexity index is 828. The number of nitro benzene ring substituents is 1. The predicted octanol–water partition coefficient (Wildman–Crippen LogP) is 3.90. The molecule has 0 spiro atoms. The Morgan fingerprint density at radius 3 is 2.65 bits per heavy atom. The zero-order valence-corrected chi connectivity index (χ0v) is 13.3. The molecule has 8 heteroatoms. The Kier molecular flexibility index (Phi) is 4.54. The fourth-order valence-corrected chi connectivity index (χ4v) is 3.70. The van der Waals surface area contributed by atoms with E-state index in [0.717, 1.165) is 22.0 Å². The maximum absolute atomic E-state index is 11.9. The number of rotatable bonds is 5. The summed E-state index contributed by atoms with van der Waals surface area (Å²) in [6, 6.07) is 13.3. The van der Waals surface area contributed by atoms with Crippen LogP contribution in [0.15, 0.2) is 52.9 Å². The molecule has 0 fully saturated rings. The van der Waals surface area contributed by atoms with E-state index in [9.17, 15) is 14.9 Å². The number of carbonyl (C=O) groups is 1. The quantitative estimate of drug-likeness (QED) is 0.396. The molecule has 0 aliphatic heterocycles. The number of benzene rings is 2. The number of carbonyl (C=O) groups excluding carboxylic acids is 1. The highest BCUT2D eigenvalue weighted by Crippen LogP contribution is 2.29. The molecule has 3 aromatic rings. The molecule has 0 aliphatic rings. The number of thioether (sulfide) groups is 1. The van der Waals surface area contributed by atoms with Gasteiger partial charge in [0.15, 0.2) is 10.9 Å². The molecular weight excluding hydrogens is 336 g/mol. The highest BCUT2D eigenvalue weighted by molar-refractivity contribution is 8.15. The summed E-state index contributed by atoms with van der Waals surface area (Å²) in [6.45, 7) is -0.127. The van der Waals surface area contributed by atoms with Crippen molar-refractivity contribution in [3.05, 3.63) is 58.6 Å². The Balaban J connectivity index is 1.57. The predicted molar refractivity (Wildman–Crippen MR) is 89.1 cm³/mol. The molecule has 23 heavy (non-hydrogen) atoms. The van der Waals surface area contributed by atoms with Crippen molar-refractivity contribution >= 4 is 44.1 Å². The summed E-state index contributed by atoms with van der Waals surface area (Å²) in [6.07, 6.45) is 0. The SMILES string of the molecule is O=C(COc1ccc([N+](=O)[O-])cc1)Sc1nc2ccccc2s1. The molecule has 1 aromatic heterocycles. The zero-order valence-electron chi connectivity index (χ0n) is 11.7. The summed E-state index contributed by atoms with van der Waals surface area (Å²) >= 11 is 2.48. The minimum Gasteiger partial charge on any atom is -0.485 e. The van der Waals surface area contributed by atoms with Crippen LogP contribution < -0.4 is 4.74 Å². The molecule has 0 bridgehead atoms. The van der Waals surface area contributed by atoms with Crippen LogP contribution in [0.5, 0.6) is 5.75 Å². The van der Waals surface area contributed by atoms with E-state index >= 15 is 0 Å². The second kappa shape index (κ2) is 6.76. The van der Waals surface area contributed by atoms with Crippen molar-refractivity contribution in [1.29, 1.82) is 0 Å². The number of nitro groups is 1. The Morgan fingerprint density at radius 2 is 1.96 bits per heavy atom. The standard InChI is InChI=1S/C15H10N2O4S2/c18-14(9-21-11-7-5-10(6-8-11)17(19)20)23-15-16-12-3-1-2-4-13(12)22-15/h1-8H,9H2. The van der Waals surface area contributed by atoms with Crippen molar-refractivity contribution in [3.63, 3.8) is 0 Å². The summed E-state index contributed by atoms with van der Waals surface area (Å²) < 4.78 is 7.03. The lowest BCUT2D eigenvalue weighted by Gasteiger charge is -2.03. The van der Waals surface area contributed by atoms with E-state index < -0.39 is 4.92 Å². The molecule has 0 radical (unpaired) electrons. The van der Waals surface area contributed by atoms with Crippen LogP contribution in [-0.4, -0.2) is 21.6 Å². The monoisotopic (exact) mass is 346 g/mol. The number of hydrogen-bond donors (Lipinski definition) is 0. The van der Waals surface area contributed by atoms with E-state index in [-0.39, 0.29) is 17.4 Å². The number of fused-ring (bicyclic) bond motifs is 1. The van der Waals surface area contributed by atoms with Gasteiger partial charge in [-0.05, 0) is 36.0 Å². The number of para-hydroxylation sites is 1. The van der Waals surface area contributed by atoms with Gasteiger partial charge in [0.25, 0.3) is 5.69 Å². The largest absolute Gasteiger partial charge is 0.485 e. The van der Waals surface area contributed by atoms with E-state index in [0.29, 0.717) is 10.1 Å². The van der Waals surface area contributed by atoms with Gasteiger partial charge in [0.2, 0.25) is 5.12 Å². The third kappa shape index (κ3) is 3.85. The van der Waals surface area contributed by atoms with Crippen molar-refractivity contribution in [2.24, 2.45) is 0 Å². The molecule has 116 valence electrons. The molecule has 2 aromatic carbocycles. The second-order valence-electron chi connectivity index (χ2n) is 4.46. The van der Waals surface area contributed by atoms with E-state index in [1.54, 1.807) is 0 Å². The van der Waals surface area contributed by atoms with E-state index in [4.69, 9.17) is 4.74 Å². The average Bonchev–Trinajstić information content (AvgIpc) is 2.95. The van der Waals surface area contributed by atoms with Gasteiger partial charge in [-0.3, -0.25) is 14.9 Å². The van der Waals surface area contributed by atoms with Crippen LogP contribution in [0, 0.1) is 10.1 Å². The number of non-ortho nitro benzene ring substituents is 1. The number of aromatic nitrogens is 1. The second-order valence-corrected chi connectivity index (χ2v) is 6.80. The van der Waals surface area contributed by atoms with Gasteiger partial charge in [0.05, 0.1) is 15.1 Å². The molecule has 0 atom stereocenters. The van der Waals surface area contributed by atoms with Crippen LogP contribution in [0.25, 0.3) is 10.2 Å². The molecule has 1 heterocycles. The fourth-order valence-electron chi connectivity index (χ4n) is 1.83. The van der Waals surface area contributed by atoms with Gasteiger partial charge in [0, 0.05) is 12.1 Å². The fraction of sp³-hybridized carbons (Fsp3) is 0.0667. The molecule has 0 unspecified atom stereocenters. The van der Waals surface area contributed by atoms with Gasteiger partial charge >= 0.3 is 0 Å². The number of thiazole rings is 1. The minimum absolute atomic E-state index is 0.0208. The first-order chi connectivity index (χ1) is 11.1. The highest BCUT2D eigenvalue weighted by Gasteiger charge is 2.11. The van der Waals surface area contributed by atoms with Crippen LogP contribution in [0.3, 0.4) is 0 Å². The van der Waals surface area contributed by atoms with E-state index in [1.165, 1.54) is 35.6 Å². The lowest BCUT2D eigenvalue weighted by molar-refractivity contribution is -0.384. The molecule has 3 rings (SSSR count). The van der Waals surface area contributed by atoms with Gasteiger partial charge in [0.1, 0.15) is 5.75 Å². The van der Waals surface area contributed by atoms with Crippen molar-refractivity contribution in [3.8, 4) is 5.75 Å². The first-order valence-corrected chi connectivity index (χ1v) is 8.18. The summed E-state index contributed by atoms with van der Waals surface area (Å²) in [7, 11) is 0. The summed E-state index contributed by atoms with van der Waals surface area (Å²) in [4.78, 5) is 26.4. The van der Waals surface area contributed by atoms with E-state index in [1.807, 2.05) is 24.3 Å². The summed E-state index contributed by atoms with van der Waals surface area (Å²) in [5.74, 6) is 0.411. The van der Waals surface area contributed by atoms with Crippen molar-refractivity contribution < 1.29 is 14.5 Å². The van der Waals surface area contributed by atoms with Crippen molar-refractivity contribution in [2.75, 3.05) is 6.61 Å². The van der Waals surface area contributed by atoms with Crippen LogP contribution in [0.2, 0.25) is 0 Å². The first-order valence-electron chi connectivity index (χ1n) is 6.55. The molecule has 0 N–H and O–H groups in total. The van der Waals surface area contributed by atoms with E-state index in [2.05, 4.69) is 4.98 Å². The van der Waals surface area contributed by atoms with Crippen molar-refractivity contribution in [1.82, 2.24) is 4.98 Å². The lowest BCUT2D eigenvalue weighted by Crippen LogP contribution is -2.07. The van der Waals surface area contributed by atoms with Crippen LogP contribution in [0.4, 0.5) is 5.69 Å². The molecule has 0 aliphatic carbocycles. The first kappa shape index (κ1) is 15.4.